The van der Waals surface area contributed by atoms with Crippen LogP contribution in [0.3, 0.4) is 0 Å². The zero-order chi connectivity index (χ0) is 18.5. The first-order valence-electron chi connectivity index (χ1n) is 8.62. The Bertz CT molecular complexity index is 932. The largest absolute Gasteiger partial charge is 0.354 e. The van der Waals surface area contributed by atoms with Crippen molar-refractivity contribution in [1.29, 1.82) is 0 Å². The van der Waals surface area contributed by atoms with Crippen LogP contribution in [0.1, 0.15) is 22.9 Å². The van der Waals surface area contributed by atoms with Gasteiger partial charge in [0.05, 0.1) is 6.04 Å². The molecule has 6 heteroatoms. The van der Waals surface area contributed by atoms with Crippen molar-refractivity contribution in [3.63, 3.8) is 0 Å². The van der Waals surface area contributed by atoms with E-state index in [-0.39, 0.29) is 17.5 Å². The molecule has 0 fully saturated rings. The number of benzene rings is 1. The molecule has 0 spiro atoms. The van der Waals surface area contributed by atoms with E-state index < -0.39 is 0 Å². The summed E-state index contributed by atoms with van der Waals surface area (Å²) in [7, 11) is 4.01. The number of carbonyl (C=O) groups is 1. The first-order valence-corrected chi connectivity index (χ1v) is 9.50. The van der Waals surface area contributed by atoms with Crippen LogP contribution in [0.25, 0.3) is 10.9 Å². The summed E-state index contributed by atoms with van der Waals surface area (Å²) in [6.07, 6.45) is 0.726. The fourth-order valence-electron chi connectivity index (χ4n) is 2.94. The second-order valence-corrected chi connectivity index (χ2v) is 7.49. The summed E-state index contributed by atoms with van der Waals surface area (Å²) in [4.78, 5) is 30.6. The Kier molecular flexibility index (Phi) is 5.85. The van der Waals surface area contributed by atoms with Crippen molar-refractivity contribution in [3.8, 4) is 0 Å². The molecule has 2 heterocycles. The number of likely N-dealkylation sites (N-methyl/N-ethyl adjacent to an activating group) is 1. The molecule has 0 aliphatic carbocycles. The number of aromatic amines is 1. The van der Waals surface area contributed by atoms with Crippen molar-refractivity contribution < 1.29 is 4.79 Å². The fourth-order valence-corrected chi connectivity index (χ4v) is 3.87. The topological polar surface area (TPSA) is 65.2 Å². The first-order chi connectivity index (χ1) is 12.5. The number of H-pyrrole nitrogens is 1. The van der Waals surface area contributed by atoms with E-state index in [9.17, 15) is 9.59 Å². The lowest BCUT2D eigenvalue weighted by Crippen LogP contribution is -2.34. The lowest BCUT2D eigenvalue weighted by Gasteiger charge is -2.23. The molecule has 0 aliphatic heterocycles. The average Bonchev–Trinajstić information content (AvgIpc) is 3.14. The van der Waals surface area contributed by atoms with Crippen molar-refractivity contribution in [3.05, 3.63) is 68.6 Å². The van der Waals surface area contributed by atoms with Gasteiger partial charge in [-0.25, -0.2) is 0 Å². The quantitative estimate of drug-likeness (QED) is 0.673. The van der Waals surface area contributed by atoms with Crippen LogP contribution >= 0.6 is 11.3 Å². The maximum atomic E-state index is 12.2. The predicted molar refractivity (Wildman–Crippen MR) is 107 cm³/mol. The third-order valence-corrected chi connectivity index (χ3v) is 5.41. The molecule has 0 bridgehead atoms. The van der Waals surface area contributed by atoms with Crippen molar-refractivity contribution >= 4 is 28.1 Å². The van der Waals surface area contributed by atoms with Crippen molar-refractivity contribution in [2.45, 2.75) is 18.9 Å². The number of pyridine rings is 1. The normalized spacial score (nSPS) is 12.4. The molecule has 136 valence electrons. The summed E-state index contributed by atoms with van der Waals surface area (Å²) in [5.74, 6) is -0.0408. The zero-order valence-electron chi connectivity index (χ0n) is 15.0. The van der Waals surface area contributed by atoms with Gasteiger partial charge < -0.3 is 15.2 Å². The Balaban J connectivity index is 1.59. The van der Waals surface area contributed by atoms with E-state index >= 15 is 0 Å². The van der Waals surface area contributed by atoms with Crippen LogP contribution in [-0.4, -0.2) is 36.4 Å². The van der Waals surface area contributed by atoms with E-state index in [1.54, 1.807) is 11.3 Å². The smallest absolute Gasteiger partial charge is 0.251 e. The number of para-hydroxylation sites is 1. The van der Waals surface area contributed by atoms with Crippen molar-refractivity contribution in [2.24, 2.45) is 0 Å². The number of amides is 1. The Hall–Kier alpha value is -2.44. The lowest BCUT2D eigenvalue weighted by atomic mass is 10.1. The first kappa shape index (κ1) is 18.4. The number of hydrogen-bond donors (Lipinski definition) is 2. The molecular weight excluding hydrogens is 346 g/mol. The molecule has 1 aromatic carbocycles. The van der Waals surface area contributed by atoms with Gasteiger partial charge in [-0.3, -0.25) is 9.59 Å². The summed E-state index contributed by atoms with van der Waals surface area (Å²) in [6.45, 7) is 0.556. The molecule has 2 N–H and O–H groups in total. The van der Waals surface area contributed by atoms with Gasteiger partial charge in [0.2, 0.25) is 5.91 Å². The number of nitrogens with zero attached hydrogens (tertiary/aromatic N) is 1. The van der Waals surface area contributed by atoms with Gasteiger partial charge in [0.1, 0.15) is 0 Å². The van der Waals surface area contributed by atoms with Crippen LogP contribution in [-0.2, 0) is 11.2 Å². The van der Waals surface area contributed by atoms with Gasteiger partial charge >= 0.3 is 0 Å². The van der Waals surface area contributed by atoms with Gasteiger partial charge in [-0.05, 0) is 49.5 Å². The van der Waals surface area contributed by atoms with E-state index in [1.165, 1.54) is 4.88 Å². The molecule has 26 heavy (non-hydrogen) atoms. The van der Waals surface area contributed by atoms with E-state index in [0.29, 0.717) is 24.9 Å². The highest BCUT2D eigenvalue weighted by molar-refractivity contribution is 7.10. The van der Waals surface area contributed by atoms with E-state index in [1.807, 2.05) is 55.9 Å². The van der Waals surface area contributed by atoms with Crippen LogP contribution in [0, 0.1) is 0 Å². The number of aromatic nitrogens is 1. The fraction of sp³-hybridized carbons (Fsp3) is 0.300. The molecule has 1 atom stereocenters. The third kappa shape index (κ3) is 4.39. The Morgan fingerprint density at radius 1 is 1.23 bits per heavy atom. The molecule has 1 unspecified atom stereocenters. The highest BCUT2D eigenvalue weighted by atomic mass is 32.1. The van der Waals surface area contributed by atoms with Crippen molar-refractivity contribution in [2.75, 3.05) is 20.6 Å². The van der Waals surface area contributed by atoms with Gasteiger partial charge in [-0.15, -0.1) is 11.3 Å². The molecule has 3 aromatic rings. The van der Waals surface area contributed by atoms with Gasteiger partial charge in [0, 0.05) is 28.9 Å². The maximum absolute atomic E-state index is 12.2. The molecule has 0 aliphatic rings. The highest BCUT2D eigenvalue weighted by Crippen LogP contribution is 2.22. The third-order valence-electron chi connectivity index (χ3n) is 4.44. The predicted octanol–water partition coefficient (Wildman–Crippen LogP) is 2.94. The second-order valence-electron chi connectivity index (χ2n) is 6.51. The number of nitrogens with one attached hydrogen (secondary N) is 2. The lowest BCUT2D eigenvalue weighted by molar-refractivity contribution is -0.121. The maximum Gasteiger partial charge on any atom is 0.251 e. The van der Waals surface area contributed by atoms with Crippen LogP contribution in [0.15, 0.2) is 52.6 Å². The number of aryl methyl sites for hydroxylation is 1. The second kappa shape index (κ2) is 8.29. The van der Waals surface area contributed by atoms with E-state index in [0.717, 1.165) is 10.9 Å². The zero-order valence-corrected chi connectivity index (χ0v) is 15.8. The number of fused-ring (bicyclic) bond motifs is 1. The summed E-state index contributed by atoms with van der Waals surface area (Å²) >= 11 is 1.69. The van der Waals surface area contributed by atoms with Crippen LogP contribution < -0.4 is 10.9 Å². The molecular formula is C20H23N3O2S. The minimum absolute atomic E-state index is 0.0408. The molecule has 1 amide bonds. The summed E-state index contributed by atoms with van der Waals surface area (Å²) < 4.78 is 0. The monoisotopic (exact) mass is 369 g/mol. The number of carbonyl (C=O) groups excluding carboxylic acids is 1. The van der Waals surface area contributed by atoms with Gasteiger partial charge in [0.25, 0.3) is 5.56 Å². The standard InChI is InChI=1S/C20H23N3O2S/c1-23(2)17(18-8-5-11-26-18)13-21-19(24)10-9-15-12-14-6-3-4-7-16(14)22-20(15)25/h3-8,11-12,17H,9-10,13H2,1-2H3,(H,21,24)(H,22,25). The van der Waals surface area contributed by atoms with E-state index in [2.05, 4.69) is 21.3 Å². The molecule has 0 radical (unpaired) electrons. The molecule has 0 saturated heterocycles. The van der Waals surface area contributed by atoms with Crippen LogP contribution in [0.5, 0.6) is 0 Å². The van der Waals surface area contributed by atoms with Crippen LogP contribution in [0.4, 0.5) is 0 Å². The van der Waals surface area contributed by atoms with Crippen LogP contribution in [0.2, 0.25) is 0 Å². The molecule has 5 nitrogen and oxygen atoms in total. The Morgan fingerprint density at radius 2 is 2.04 bits per heavy atom. The minimum atomic E-state index is -0.124. The van der Waals surface area contributed by atoms with E-state index in [4.69, 9.17) is 0 Å². The highest BCUT2D eigenvalue weighted by Gasteiger charge is 2.16. The number of rotatable bonds is 7. The summed E-state index contributed by atoms with van der Waals surface area (Å²) in [6, 6.07) is 13.8. The summed E-state index contributed by atoms with van der Waals surface area (Å²) in [5, 5.41) is 6.01. The molecule has 2 aromatic heterocycles. The SMILES string of the molecule is CN(C)C(CNC(=O)CCc1cc2ccccc2[nH]c1=O)c1cccs1. The minimum Gasteiger partial charge on any atom is -0.354 e. The summed E-state index contributed by atoms with van der Waals surface area (Å²) in [5.41, 5.74) is 1.33. The molecule has 0 saturated carbocycles. The van der Waals surface area contributed by atoms with Gasteiger partial charge in [-0.2, -0.15) is 0 Å². The number of hydrogen-bond acceptors (Lipinski definition) is 4. The number of thiophene rings is 1. The van der Waals surface area contributed by atoms with Gasteiger partial charge in [-0.1, -0.05) is 24.3 Å². The Labute approximate surface area is 156 Å². The van der Waals surface area contributed by atoms with Gasteiger partial charge in [0.15, 0.2) is 0 Å². The van der Waals surface area contributed by atoms with Crippen molar-refractivity contribution in [1.82, 2.24) is 15.2 Å². The Morgan fingerprint density at radius 3 is 2.77 bits per heavy atom. The average molecular weight is 369 g/mol. The molecule has 3 rings (SSSR count).